The molecule has 2 N–H and O–H groups in total. The maximum atomic E-state index is 11.9. The van der Waals surface area contributed by atoms with E-state index < -0.39 is 19.2 Å². The first-order valence-electron chi connectivity index (χ1n) is 5.89. The third kappa shape index (κ3) is 3.15. The molecule has 1 aromatic rings. The zero-order valence-electron chi connectivity index (χ0n) is 10.5. The number of carbonyl (C=O) groups is 1. The molecule has 1 aromatic carbocycles. The van der Waals surface area contributed by atoms with Crippen molar-refractivity contribution in [3.05, 3.63) is 29.8 Å². The van der Waals surface area contributed by atoms with Crippen LogP contribution in [0.15, 0.2) is 24.3 Å². The van der Waals surface area contributed by atoms with Gasteiger partial charge in [0.1, 0.15) is 11.4 Å². The van der Waals surface area contributed by atoms with Crippen LogP contribution in [0, 0.1) is 0 Å². The second-order valence-corrected chi connectivity index (χ2v) is 6.30. The average molecular weight is 285 g/mol. The van der Waals surface area contributed by atoms with Crippen molar-refractivity contribution in [3.8, 4) is 5.75 Å². The topological polar surface area (TPSA) is 87.1 Å². The minimum absolute atomic E-state index is 0.208. The summed E-state index contributed by atoms with van der Waals surface area (Å²) in [6.45, 7) is 0.736. The van der Waals surface area contributed by atoms with Crippen molar-refractivity contribution < 1.29 is 23.9 Å². The molecule has 0 spiro atoms. The van der Waals surface area contributed by atoms with Gasteiger partial charge in [-0.25, -0.2) is 0 Å². The number of hydrogen-bond donors (Lipinski definition) is 2. The van der Waals surface area contributed by atoms with Crippen molar-refractivity contribution >= 4 is 13.5 Å². The minimum atomic E-state index is -4.34. The molecule has 0 aromatic heterocycles. The maximum Gasteiger partial charge on any atom is 0.338 e. The summed E-state index contributed by atoms with van der Waals surface area (Å²) in [6.07, 6.45) is 0.208. The van der Waals surface area contributed by atoms with Crippen LogP contribution in [-0.2, 0) is 15.9 Å². The fraction of sp³-hybridized carbons (Fsp3) is 0.417. The molecule has 0 saturated carbocycles. The third-order valence-corrected chi connectivity index (χ3v) is 4.50. The van der Waals surface area contributed by atoms with Gasteiger partial charge in [0.15, 0.2) is 0 Å². The Kier molecular flexibility index (Phi) is 3.94. The van der Waals surface area contributed by atoms with Crippen LogP contribution in [0.4, 0.5) is 0 Å². The lowest BCUT2D eigenvalue weighted by atomic mass is 10.2. The van der Waals surface area contributed by atoms with E-state index in [4.69, 9.17) is 14.5 Å². The molecule has 104 valence electrons. The zero-order valence-corrected chi connectivity index (χ0v) is 11.4. The lowest BCUT2D eigenvalue weighted by Gasteiger charge is -2.17. The minimum Gasteiger partial charge on any atom is -0.497 e. The fourth-order valence-electron chi connectivity index (χ4n) is 2.14. The van der Waals surface area contributed by atoms with Crippen LogP contribution >= 0.6 is 7.60 Å². The highest BCUT2D eigenvalue weighted by atomic mass is 31.2. The summed E-state index contributed by atoms with van der Waals surface area (Å²) in [4.78, 5) is 31.5. The van der Waals surface area contributed by atoms with Crippen molar-refractivity contribution in [1.29, 1.82) is 0 Å². The van der Waals surface area contributed by atoms with Crippen LogP contribution in [0.25, 0.3) is 0 Å². The van der Waals surface area contributed by atoms with E-state index >= 15 is 0 Å². The second-order valence-electron chi connectivity index (χ2n) is 4.50. The summed E-state index contributed by atoms with van der Waals surface area (Å²) in [5.41, 5.74) is -0.272. The number of methoxy groups -OCH3 is 1. The Labute approximate surface area is 111 Å². The average Bonchev–Trinajstić information content (AvgIpc) is 2.72. The number of rotatable bonds is 4. The van der Waals surface area contributed by atoms with Gasteiger partial charge in [-0.2, -0.15) is 0 Å². The fourth-order valence-corrected chi connectivity index (χ4v) is 3.05. The van der Waals surface area contributed by atoms with E-state index in [1.54, 1.807) is 19.2 Å². The van der Waals surface area contributed by atoms with E-state index in [1.165, 1.54) is 4.90 Å². The van der Waals surface area contributed by atoms with Gasteiger partial charge in [-0.15, -0.1) is 0 Å². The van der Waals surface area contributed by atoms with Crippen molar-refractivity contribution in [3.63, 3.8) is 0 Å². The van der Waals surface area contributed by atoms with E-state index in [0.29, 0.717) is 13.1 Å². The Morgan fingerprint density at radius 1 is 1.37 bits per heavy atom. The lowest BCUT2D eigenvalue weighted by molar-refractivity contribution is -0.128. The quantitative estimate of drug-likeness (QED) is 0.805. The number of nitrogens with zero attached hydrogens (tertiary/aromatic N) is 1. The number of likely N-dealkylation sites (tertiary alicyclic amines) is 1. The number of amides is 1. The molecule has 0 bridgehead atoms. The van der Waals surface area contributed by atoms with Crippen LogP contribution in [0.1, 0.15) is 12.0 Å². The van der Waals surface area contributed by atoms with Crippen LogP contribution < -0.4 is 4.74 Å². The molecule has 7 heteroatoms. The van der Waals surface area contributed by atoms with Gasteiger partial charge in [0.2, 0.25) is 5.91 Å². The van der Waals surface area contributed by atoms with Gasteiger partial charge in [0.25, 0.3) is 0 Å². The Morgan fingerprint density at radius 2 is 2.00 bits per heavy atom. The summed E-state index contributed by atoms with van der Waals surface area (Å²) in [7, 11) is -2.76. The summed E-state index contributed by atoms with van der Waals surface area (Å²) < 4.78 is 16.2. The molecule has 1 aliphatic heterocycles. The van der Waals surface area contributed by atoms with Gasteiger partial charge in [-0.3, -0.25) is 9.36 Å². The molecule has 6 nitrogen and oxygen atoms in total. The lowest BCUT2D eigenvalue weighted by Crippen LogP contribution is -2.29. The van der Waals surface area contributed by atoms with E-state index in [-0.39, 0.29) is 6.42 Å². The normalized spacial score (nSPS) is 19.8. The number of benzene rings is 1. The molecule has 0 aliphatic carbocycles. The molecule has 0 radical (unpaired) electrons. The monoisotopic (exact) mass is 285 g/mol. The van der Waals surface area contributed by atoms with E-state index in [1.807, 2.05) is 12.1 Å². The third-order valence-electron chi connectivity index (χ3n) is 3.21. The smallest absolute Gasteiger partial charge is 0.338 e. The van der Waals surface area contributed by atoms with Crippen LogP contribution in [-0.4, -0.2) is 39.9 Å². The van der Waals surface area contributed by atoms with Gasteiger partial charge < -0.3 is 19.4 Å². The highest BCUT2D eigenvalue weighted by Gasteiger charge is 2.42. The van der Waals surface area contributed by atoms with Crippen LogP contribution in [0.3, 0.4) is 0 Å². The van der Waals surface area contributed by atoms with Gasteiger partial charge in [0, 0.05) is 13.1 Å². The molecule has 1 unspecified atom stereocenters. The van der Waals surface area contributed by atoms with Gasteiger partial charge in [-0.05, 0) is 24.1 Å². The molecule has 1 fully saturated rings. The first kappa shape index (κ1) is 14.1. The first-order valence-corrected chi connectivity index (χ1v) is 7.57. The molecule has 19 heavy (non-hydrogen) atoms. The molecule has 2 rings (SSSR count). The molecule has 1 heterocycles. The Hall–Kier alpha value is -1.36. The van der Waals surface area contributed by atoms with E-state index in [9.17, 15) is 9.36 Å². The summed E-state index contributed by atoms with van der Waals surface area (Å²) in [5, 5.41) is 0. The molecular weight excluding hydrogens is 269 g/mol. The Bertz CT molecular complexity index is 509. The van der Waals surface area contributed by atoms with E-state index in [2.05, 4.69) is 0 Å². The number of hydrogen-bond acceptors (Lipinski definition) is 3. The standard InChI is InChI=1S/C12H16NO5P/c1-18-10-4-2-9(3-5-10)8-13-7-6-11(12(13)14)19(15,16)17/h2-5,11H,6-8H2,1H3,(H2,15,16,17). The van der Waals surface area contributed by atoms with Crippen molar-refractivity contribution in [1.82, 2.24) is 4.90 Å². The summed E-state index contributed by atoms with van der Waals surface area (Å²) in [5.74, 6) is 0.258. The number of ether oxygens (including phenoxy) is 1. The molecular formula is C12H16NO5P. The Balaban J connectivity index is 2.04. The van der Waals surface area contributed by atoms with Crippen molar-refractivity contribution in [2.24, 2.45) is 0 Å². The van der Waals surface area contributed by atoms with Gasteiger partial charge in [-0.1, -0.05) is 12.1 Å². The SMILES string of the molecule is COc1ccc(CN2CCC(P(=O)(O)O)C2=O)cc1. The summed E-state index contributed by atoms with van der Waals surface area (Å²) in [6, 6.07) is 7.24. The molecule has 1 atom stereocenters. The highest BCUT2D eigenvalue weighted by Crippen LogP contribution is 2.46. The van der Waals surface area contributed by atoms with Crippen LogP contribution in [0.2, 0.25) is 0 Å². The number of carbonyl (C=O) groups excluding carboxylic acids is 1. The highest BCUT2D eigenvalue weighted by molar-refractivity contribution is 7.53. The van der Waals surface area contributed by atoms with Gasteiger partial charge in [0.05, 0.1) is 7.11 Å². The zero-order chi connectivity index (χ0) is 14.0. The molecule has 1 aliphatic rings. The second kappa shape index (κ2) is 5.33. The largest absolute Gasteiger partial charge is 0.497 e. The van der Waals surface area contributed by atoms with Gasteiger partial charge >= 0.3 is 7.60 Å². The first-order chi connectivity index (χ1) is 8.91. The summed E-state index contributed by atoms with van der Waals surface area (Å²) >= 11 is 0. The van der Waals surface area contributed by atoms with Crippen molar-refractivity contribution in [2.45, 2.75) is 18.6 Å². The Morgan fingerprint density at radius 3 is 2.47 bits per heavy atom. The molecule has 1 amide bonds. The predicted octanol–water partition coefficient (Wildman–Crippen LogP) is 0.974. The van der Waals surface area contributed by atoms with Crippen molar-refractivity contribution in [2.75, 3.05) is 13.7 Å². The maximum absolute atomic E-state index is 11.9. The van der Waals surface area contributed by atoms with E-state index in [0.717, 1.165) is 11.3 Å². The predicted molar refractivity (Wildman–Crippen MR) is 68.9 cm³/mol. The van der Waals surface area contributed by atoms with Crippen LogP contribution in [0.5, 0.6) is 5.75 Å². The molecule has 1 saturated heterocycles.